The lowest BCUT2D eigenvalue weighted by Crippen LogP contribution is -2.34. The molecule has 1 aliphatic rings. The molecule has 1 aliphatic carbocycles. The first-order chi connectivity index (χ1) is 10.6. The SMILES string of the molecule is COc1cc([C@@H](N)[C@@H](O)C2CCCCC2)cc(OC)c1OC.Cl. The number of aliphatic hydroxyl groups excluding tert-OH is 1. The van der Waals surface area contributed by atoms with E-state index in [-0.39, 0.29) is 18.3 Å². The van der Waals surface area contributed by atoms with Crippen LogP contribution in [0.5, 0.6) is 17.2 Å². The first-order valence-electron chi connectivity index (χ1n) is 7.86. The van der Waals surface area contributed by atoms with Crippen LogP contribution in [0.25, 0.3) is 0 Å². The van der Waals surface area contributed by atoms with Crippen LogP contribution in [0.15, 0.2) is 12.1 Å². The second-order valence-electron chi connectivity index (χ2n) is 5.87. The van der Waals surface area contributed by atoms with Gasteiger partial charge in [0.2, 0.25) is 5.75 Å². The summed E-state index contributed by atoms with van der Waals surface area (Å²) in [6.45, 7) is 0. The minimum absolute atomic E-state index is 0. The number of rotatable bonds is 6. The summed E-state index contributed by atoms with van der Waals surface area (Å²) in [5.74, 6) is 1.92. The number of methoxy groups -OCH3 is 3. The molecule has 1 saturated carbocycles. The van der Waals surface area contributed by atoms with E-state index in [0.717, 1.165) is 18.4 Å². The lowest BCUT2D eigenvalue weighted by Gasteiger charge is -2.31. The van der Waals surface area contributed by atoms with Gasteiger partial charge < -0.3 is 25.1 Å². The summed E-state index contributed by atoms with van der Waals surface area (Å²) in [7, 11) is 4.71. The highest BCUT2D eigenvalue weighted by atomic mass is 35.5. The van der Waals surface area contributed by atoms with Gasteiger partial charge in [0.15, 0.2) is 11.5 Å². The van der Waals surface area contributed by atoms with E-state index >= 15 is 0 Å². The molecule has 2 atom stereocenters. The van der Waals surface area contributed by atoms with E-state index in [1.165, 1.54) is 19.3 Å². The first kappa shape index (κ1) is 19.9. The van der Waals surface area contributed by atoms with Crippen molar-refractivity contribution in [2.24, 2.45) is 11.7 Å². The fourth-order valence-corrected chi connectivity index (χ4v) is 3.26. The maximum atomic E-state index is 10.6. The zero-order valence-electron chi connectivity index (χ0n) is 14.1. The van der Waals surface area contributed by atoms with Gasteiger partial charge in [-0.15, -0.1) is 12.4 Å². The molecular weight excluding hydrogens is 318 g/mol. The molecule has 0 radical (unpaired) electrons. The van der Waals surface area contributed by atoms with E-state index in [2.05, 4.69) is 0 Å². The predicted octanol–water partition coefficient (Wildman–Crippen LogP) is 3.08. The van der Waals surface area contributed by atoms with E-state index in [0.29, 0.717) is 17.2 Å². The molecule has 1 aromatic carbocycles. The Kier molecular flexibility index (Phi) is 7.95. The van der Waals surface area contributed by atoms with Crippen molar-refractivity contribution >= 4 is 12.4 Å². The molecule has 0 aromatic heterocycles. The van der Waals surface area contributed by atoms with Gasteiger partial charge in [-0.05, 0) is 36.5 Å². The number of nitrogens with two attached hydrogens (primary N) is 1. The Bertz CT molecular complexity index is 466. The molecule has 6 heteroatoms. The van der Waals surface area contributed by atoms with Gasteiger partial charge in [0.25, 0.3) is 0 Å². The average molecular weight is 346 g/mol. The van der Waals surface area contributed by atoms with Crippen LogP contribution in [0.3, 0.4) is 0 Å². The molecule has 0 amide bonds. The molecule has 23 heavy (non-hydrogen) atoms. The normalized spacial score (nSPS) is 17.8. The Hall–Kier alpha value is -1.17. The maximum absolute atomic E-state index is 10.6. The van der Waals surface area contributed by atoms with Crippen molar-refractivity contribution in [3.8, 4) is 17.2 Å². The van der Waals surface area contributed by atoms with Crippen molar-refractivity contribution in [1.82, 2.24) is 0 Å². The van der Waals surface area contributed by atoms with Gasteiger partial charge in [-0.3, -0.25) is 0 Å². The van der Waals surface area contributed by atoms with Crippen molar-refractivity contribution in [1.29, 1.82) is 0 Å². The zero-order chi connectivity index (χ0) is 16.1. The largest absolute Gasteiger partial charge is 0.493 e. The highest BCUT2D eigenvalue weighted by Gasteiger charge is 2.29. The third kappa shape index (κ3) is 4.43. The monoisotopic (exact) mass is 345 g/mol. The topological polar surface area (TPSA) is 73.9 Å². The summed E-state index contributed by atoms with van der Waals surface area (Å²) in [5, 5.41) is 10.6. The van der Waals surface area contributed by atoms with Crippen LogP contribution in [0.1, 0.15) is 43.7 Å². The van der Waals surface area contributed by atoms with Crippen LogP contribution in [-0.4, -0.2) is 32.5 Å². The summed E-state index contributed by atoms with van der Waals surface area (Å²) < 4.78 is 16.0. The Morgan fingerprint density at radius 1 is 1.00 bits per heavy atom. The van der Waals surface area contributed by atoms with E-state index in [4.69, 9.17) is 19.9 Å². The smallest absolute Gasteiger partial charge is 0.203 e. The number of hydrogen-bond acceptors (Lipinski definition) is 5. The molecule has 5 nitrogen and oxygen atoms in total. The van der Waals surface area contributed by atoms with Crippen molar-refractivity contribution in [3.63, 3.8) is 0 Å². The average Bonchev–Trinajstić information content (AvgIpc) is 2.59. The Morgan fingerprint density at radius 3 is 1.96 bits per heavy atom. The van der Waals surface area contributed by atoms with Crippen molar-refractivity contribution in [3.05, 3.63) is 17.7 Å². The van der Waals surface area contributed by atoms with Crippen LogP contribution >= 0.6 is 12.4 Å². The van der Waals surface area contributed by atoms with Crippen LogP contribution in [0.2, 0.25) is 0 Å². The van der Waals surface area contributed by atoms with Crippen molar-refractivity contribution in [2.45, 2.75) is 44.2 Å². The quantitative estimate of drug-likeness (QED) is 0.828. The summed E-state index contributed by atoms with van der Waals surface area (Å²) >= 11 is 0. The van der Waals surface area contributed by atoms with Gasteiger partial charge >= 0.3 is 0 Å². The standard InChI is InChI=1S/C17H27NO4.ClH/c1-20-13-9-12(10-14(21-2)17(13)22-3)15(18)16(19)11-7-5-4-6-8-11;/h9-11,15-16,19H,4-8,18H2,1-3H3;1H/t15-,16+;/m1./s1. The molecule has 2 rings (SSSR count). The summed E-state index contributed by atoms with van der Waals surface area (Å²) in [5.41, 5.74) is 7.10. The number of ether oxygens (including phenoxy) is 3. The summed E-state index contributed by atoms with van der Waals surface area (Å²) in [4.78, 5) is 0. The van der Waals surface area contributed by atoms with Gasteiger partial charge in [0, 0.05) is 0 Å². The first-order valence-corrected chi connectivity index (χ1v) is 7.86. The van der Waals surface area contributed by atoms with Gasteiger partial charge in [-0.2, -0.15) is 0 Å². The number of aliphatic hydroxyl groups is 1. The lowest BCUT2D eigenvalue weighted by molar-refractivity contribution is 0.0616. The molecule has 0 saturated heterocycles. The van der Waals surface area contributed by atoms with E-state index in [9.17, 15) is 5.11 Å². The van der Waals surface area contributed by atoms with Crippen LogP contribution in [-0.2, 0) is 0 Å². The molecule has 0 unspecified atom stereocenters. The van der Waals surface area contributed by atoms with Crippen molar-refractivity contribution in [2.75, 3.05) is 21.3 Å². The third-order valence-electron chi connectivity index (χ3n) is 4.57. The summed E-state index contributed by atoms with van der Waals surface area (Å²) in [6, 6.07) is 3.17. The lowest BCUT2D eigenvalue weighted by atomic mass is 9.81. The highest BCUT2D eigenvalue weighted by molar-refractivity contribution is 5.85. The van der Waals surface area contributed by atoms with Gasteiger partial charge in [0.1, 0.15) is 0 Å². The minimum atomic E-state index is -0.553. The molecule has 1 fully saturated rings. The zero-order valence-corrected chi connectivity index (χ0v) is 14.9. The fraction of sp³-hybridized carbons (Fsp3) is 0.647. The Balaban J connectivity index is 0.00000264. The van der Waals surface area contributed by atoms with Crippen molar-refractivity contribution < 1.29 is 19.3 Å². The molecule has 1 aromatic rings. The van der Waals surface area contributed by atoms with E-state index < -0.39 is 12.1 Å². The number of hydrogen-bond donors (Lipinski definition) is 2. The fourth-order valence-electron chi connectivity index (χ4n) is 3.26. The maximum Gasteiger partial charge on any atom is 0.203 e. The van der Waals surface area contributed by atoms with Gasteiger partial charge in [-0.25, -0.2) is 0 Å². The molecular formula is C17H28ClNO4. The molecule has 0 spiro atoms. The predicted molar refractivity (Wildman–Crippen MR) is 92.9 cm³/mol. The summed E-state index contributed by atoms with van der Waals surface area (Å²) in [6.07, 6.45) is 5.12. The van der Waals surface area contributed by atoms with Crippen LogP contribution < -0.4 is 19.9 Å². The van der Waals surface area contributed by atoms with E-state index in [1.54, 1.807) is 21.3 Å². The number of benzene rings is 1. The van der Waals surface area contributed by atoms with Crippen LogP contribution in [0.4, 0.5) is 0 Å². The Morgan fingerprint density at radius 2 is 1.52 bits per heavy atom. The van der Waals surface area contributed by atoms with Gasteiger partial charge in [0.05, 0.1) is 33.5 Å². The highest BCUT2D eigenvalue weighted by Crippen LogP contribution is 2.41. The molecule has 0 aliphatic heterocycles. The molecule has 0 bridgehead atoms. The molecule has 132 valence electrons. The Labute approximate surface area is 144 Å². The number of halogens is 1. The second kappa shape index (κ2) is 9.21. The van der Waals surface area contributed by atoms with Gasteiger partial charge in [-0.1, -0.05) is 19.3 Å². The minimum Gasteiger partial charge on any atom is -0.493 e. The third-order valence-corrected chi connectivity index (χ3v) is 4.57. The van der Waals surface area contributed by atoms with Crippen LogP contribution in [0, 0.1) is 5.92 Å². The molecule has 3 N–H and O–H groups in total. The van der Waals surface area contributed by atoms with E-state index in [1.807, 2.05) is 12.1 Å². The second-order valence-corrected chi connectivity index (χ2v) is 5.87. The molecule has 0 heterocycles.